The minimum absolute atomic E-state index is 0.345. The SMILES string of the molecule is CNC(c1cc(Br)ccc1OC)C1CCCCC1(C)C. The fourth-order valence-corrected chi connectivity index (χ4v) is 4.04. The van der Waals surface area contributed by atoms with E-state index >= 15 is 0 Å². The first kappa shape index (κ1) is 15.8. The highest BCUT2D eigenvalue weighted by molar-refractivity contribution is 9.10. The van der Waals surface area contributed by atoms with Gasteiger partial charge in [0.15, 0.2) is 0 Å². The van der Waals surface area contributed by atoms with Gasteiger partial charge in [-0.25, -0.2) is 0 Å². The summed E-state index contributed by atoms with van der Waals surface area (Å²) in [4.78, 5) is 0. The number of halogens is 1. The zero-order valence-electron chi connectivity index (χ0n) is 13.0. The summed E-state index contributed by atoms with van der Waals surface area (Å²) in [6, 6.07) is 6.64. The van der Waals surface area contributed by atoms with Crippen molar-refractivity contribution in [2.24, 2.45) is 11.3 Å². The molecule has 2 rings (SSSR count). The maximum absolute atomic E-state index is 5.58. The van der Waals surface area contributed by atoms with Crippen LogP contribution in [0.4, 0.5) is 0 Å². The molecule has 1 aliphatic carbocycles. The molecule has 1 N–H and O–H groups in total. The molecule has 0 aromatic heterocycles. The molecule has 0 amide bonds. The van der Waals surface area contributed by atoms with Crippen LogP contribution in [0.3, 0.4) is 0 Å². The Morgan fingerprint density at radius 1 is 1.35 bits per heavy atom. The van der Waals surface area contributed by atoms with Crippen LogP contribution < -0.4 is 10.1 Å². The lowest BCUT2D eigenvalue weighted by Gasteiger charge is -2.43. The van der Waals surface area contributed by atoms with Gasteiger partial charge < -0.3 is 10.1 Å². The average molecular weight is 340 g/mol. The Morgan fingerprint density at radius 3 is 2.70 bits per heavy atom. The van der Waals surface area contributed by atoms with E-state index in [4.69, 9.17) is 4.74 Å². The maximum Gasteiger partial charge on any atom is 0.123 e. The molecule has 0 radical (unpaired) electrons. The number of rotatable bonds is 4. The summed E-state index contributed by atoms with van der Waals surface area (Å²) in [7, 11) is 3.82. The Labute approximate surface area is 131 Å². The van der Waals surface area contributed by atoms with Crippen LogP contribution in [0.15, 0.2) is 22.7 Å². The van der Waals surface area contributed by atoms with Gasteiger partial charge in [0.2, 0.25) is 0 Å². The van der Waals surface area contributed by atoms with E-state index in [1.165, 1.54) is 31.2 Å². The van der Waals surface area contributed by atoms with E-state index in [1.807, 2.05) is 6.07 Å². The zero-order chi connectivity index (χ0) is 14.8. The monoisotopic (exact) mass is 339 g/mol. The van der Waals surface area contributed by atoms with Gasteiger partial charge in [0.1, 0.15) is 5.75 Å². The molecule has 2 nitrogen and oxygen atoms in total. The van der Waals surface area contributed by atoms with E-state index < -0.39 is 0 Å². The van der Waals surface area contributed by atoms with Crippen LogP contribution in [0, 0.1) is 11.3 Å². The molecule has 1 fully saturated rings. The Bertz CT molecular complexity index is 458. The highest BCUT2D eigenvalue weighted by Crippen LogP contribution is 2.48. The Morgan fingerprint density at radius 2 is 2.10 bits per heavy atom. The largest absolute Gasteiger partial charge is 0.496 e. The molecule has 0 bridgehead atoms. The predicted octanol–water partition coefficient (Wildman–Crippen LogP) is 4.93. The van der Waals surface area contributed by atoms with Crippen LogP contribution in [0.1, 0.15) is 51.1 Å². The lowest BCUT2D eigenvalue weighted by molar-refractivity contribution is 0.100. The van der Waals surface area contributed by atoms with E-state index in [2.05, 4.69) is 54.3 Å². The second kappa shape index (κ2) is 6.48. The minimum Gasteiger partial charge on any atom is -0.496 e. The van der Waals surface area contributed by atoms with Gasteiger partial charge >= 0.3 is 0 Å². The van der Waals surface area contributed by atoms with E-state index in [0.717, 1.165) is 10.2 Å². The molecule has 20 heavy (non-hydrogen) atoms. The van der Waals surface area contributed by atoms with Gasteiger partial charge in [-0.3, -0.25) is 0 Å². The highest BCUT2D eigenvalue weighted by atomic mass is 79.9. The quantitative estimate of drug-likeness (QED) is 0.839. The lowest BCUT2D eigenvalue weighted by atomic mass is 9.64. The van der Waals surface area contributed by atoms with Gasteiger partial charge in [0, 0.05) is 16.1 Å². The van der Waals surface area contributed by atoms with Crippen LogP contribution in [-0.4, -0.2) is 14.2 Å². The number of hydrogen-bond acceptors (Lipinski definition) is 2. The molecule has 0 saturated heterocycles. The first-order valence-electron chi connectivity index (χ1n) is 7.50. The highest BCUT2D eigenvalue weighted by Gasteiger charge is 2.38. The van der Waals surface area contributed by atoms with E-state index in [0.29, 0.717) is 17.4 Å². The molecule has 0 heterocycles. The van der Waals surface area contributed by atoms with Crippen molar-refractivity contribution in [3.63, 3.8) is 0 Å². The van der Waals surface area contributed by atoms with E-state index in [9.17, 15) is 0 Å². The predicted molar refractivity (Wildman–Crippen MR) is 88.2 cm³/mol. The van der Waals surface area contributed by atoms with Crippen LogP contribution in [0.5, 0.6) is 5.75 Å². The summed E-state index contributed by atoms with van der Waals surface area (Å²) in [5.74, 6) is 1.62. The van der Waals surface area contributed by atoms with Crippen LogP contribution in [0.2, 0.25) is 0 Å². The molecular formula is C17H26BrNO. The van der Waals surface area contributed by atoms with Gasteiger partial charge in [-0.2, -0.15) is 0 Å². The first-order chi connectivity index (χ1) is 9.49. The summed E-state index contributed by atoms with van der Waals surface area (Å²) in [6.07, 6.45) is 5.29. The summed E-state index contributed by atoms with van der Waals surface area (Å²) in [6.45, 7) is 4.82. The molecule has 2 unspecified atom stereocenters. The normalized spacial score (nSPS) is 23.4. The Hall–Kier alpha value is -0.540. The summed E-state index contributed by atoms with van der Waals surface area (Å²) in [5.41, 5.74) is 1.64. The number of benzene rings is 1. The Balaban J connectivity index is 2.39. The average Bonchev–Trinajstić information content (AvgIpc) is 2.41. The third-order valence-corrected chi connectivity index (χ3v) is 5.32. The van der Waals surface area contributed by atoms with E-state index in [-0.39, 0.29) is 0 Å². The van der Waals surface area contributed by atoms with Crippen molar-refractivity contribution >= 4 is 15.9 Å². The van der Waals surface area contributed by atoms with Gasteiger partial charge in [0.25, 0.3) is 0 Å². The Kier molecular flexibility index (Phi) is 5.14. The van der Waals surface area contributed by atoms with Gasteiger partial charge in [-0.1, -0.05) is 42.6 Å². The van der Waals surface area contributed by atoms with Crippen LogP contribution >= 0.6 is 15.9 Å². The molecule has 1 aromatic rings. The topological polar surface area (TPSA) is 21.3 Å². The summed E-state index contributed by atoms with van der Waals surface area (Å²) >= 11 is 3.59. The zero-order valence-corrected chi connectivity index (χ0v) is 14.6. The van der Waals surface area contributed by atoms with Gasteiger partial charge in [0.05, 0.1) is 7.11 Å². The van der Waals surface area contributed by atoms with Crippen molar-refractivity contribution in [3.8, 4) is 5.75 Å². The van der Waals surface area contributed by atoms with Crippen molar-refractivity contribution in [2.75, 3.05) is 14.2 Å². The molecule has 1 aliphatic rings. The fraction of sp³-hybridized carbons (Fsp3) is 0.647. The lowest BCUT2D eigenvalue weighted by Crippen LogP contribution is -2.38. The molecule has 0 spiro atoms. The number of nitrogens with one attached hydrogen (secondary N) is 1. The molecule has 1 aromatic carbocycles. The second-order valence-electron chi connectivity index (χ2n) is 6.49. The maximum atomic E-state index is 5.58. The number of methoxy groups -OCH3 is 1. The number of hydrogen-bond donors (Lipinski definition) is 1. The summed E-state index contributed by atoms with van der Waals surface area (Å²) in [5, 5.41) is 3.54. The van der Waals surface area contributed by atoms with Crippen molar-refractivity contribution in [3.05, 3.63) is 28.2 Å². The van der Waals surface area contributed by atoms with Crippen molar-refractivity contribution in [1.82, 2.24) is 5.32 Å². The fourth-order valence-electron chi connectivity index (χ4n) is 3.66. The molecular weight excluding hydrogens is 314 g/mol. The van der Waals surface area contributed by atoms with Crippen molar-refractivity contribution in [2.45, 2.75) is 45.6 Å². The first-order valence-corrected chi connectivity index (χ1v) is 8.29. The molecule has 2 atom stereocenters. The third kappa shape index (κ3) is 3.20. The van der Waals surface area contributed by atoms with Crippen molar-refractivity contribution in [1.29, 1.82) is 0 Å². The van der Waals surface area contributed by atoms with E-state index in [1.54, 1.807) is 7.11 Å². The standard InChI is InChI=1S/C17H26BrNO/c1-17(2)10-6-5-7-14(17)16(19-3)13-11-12(18)8-9-15(13)20-4/h8-9,11,14,16,19H,5-7,10H2,1-4H3. The van der Waals surface area contributed by atoms with Gasteiger partial charge in [-0.15, -0.1) is 0 Å². The smallest absolute Gasteiger partial charge is 0.123 e. The molecule has 0 aliphatic heterocycles. The molecule has 1 saturated carbocycles. The minimum atomic E-state index is 0.345. The summed E-state index contributed by atoms with van der Waals surface area (Å²) < 4.78 is 6.69. The second-order valence-corrected chi connectivity index (χ2v) is 7.41. The van der Waals surface area contributed by atoms with Gasteiger partial charge in [-0.05, 0) is 49.4 Å². The van der Waals surface area contributed by atoms with Crippen LogP contribution in [-0.2, 0) is 0 Å². The third-order valence-electron chi connectivity index (χ3n) is 4.83. The molecule has 112 valence electrons. The van der Waals surface area contributed by atoms with Crippen LogP contribution in [0.25, 0.3) is 0 Å². The van der Waals surface area contributed by atoms with Crippen molar-refractivity contribution < 1.29 is 4.74 Å². The number of ether oxygens (including phenoxy) is 1. The molecule has 3 heteroatoms.